The number of hydrogen-bond donors (Lipinski definition) is 1. The Morgan fingerprint density at radius 1 is 0.970 bits per heavy atom. The molecule has 0 aliphatic carbocycles. The van der Waals surface area contributed by atoms with Gasteiger partial charge in [0.15, 0.2) is 17.3 Å². The molecule has 3 heterocycles. The van der Waals surface area contributed by atoms with E-state index in [1.54, 1.807) is 30.3 Å². The Bertz CT molecular complexity index is 1110. The van der Waals surface area contributed by atoms with Crippen LogP contribution in [0.1, 0.15) is 34.5 Å². The normalized spacial score (nSPS) is 16.7. The predicted octanol–water partition coefficient (Wildman–Crippen LogP) is 2.21. The number of ether oxygens (including phenoxy) is 3. The number of thiophene rings is 1. The van der Waals surface area contributed by atoms with Crippen molar-refractivity contribution in [3.05, 3.63) is 40.8 Å². The van der Waals surface area contributed by atoms with Crippen molar-refractivity contribution in [3.63, 3.8) is 0 Å². The van der Waals surface area contributed by atoms with E-state index in [1.165, 1.54) is 4.31 Å². The molecule has 1 N–H and O–H groups in total. The van der Waals surface area contributed by atoms with Crippen LogP contribution in [0.25, 0.3) is 0 Å². The fraction of sp³-hybridized carbons (Fsp3) is 0.455. The molecule has 2 aliphatic heterocycles. The molecule has 1 aromatic heterocycles. The molecule has 0 radical (unpaired) electrons. The van der Waals surface area contributed by atoms with Crippen molar-refractivity contribution in [1.29, 1.82) is 0 Å². The van der Waals surface area contributed by atoms with Gasteiger partial charge in [-0.1, -0.05) is 0 Å². The SMILES string of the molecule is O=C(CCC(=O)c1ccc2c(c1)OCCCO2)NCc1ccc(S(=O)(=O)N2CCOCC2)s1. The average molecular weight is 495 g/mol. The van der Waals surface area contributed by atoms with Crippen LogP contribution < -0.4 is 14.8 Å². The molecule has 11 heteroatoms. The van der Waals surface area contributed by atoms with E-state index in [-0.39, 0.29) is 35.3 Å². The van der Waals surface area contributed by atoms with Gasteiger partial charge >= 0.3 is 0 Å². The zero-order valence-corrected chi connectivity index (χ0v) is 19.7. The second kappa shape index (κ2) is 10.6. The van der Waals surface area contributed by atoms with Crippen LogP contribution in [0.15, 0.2) is 34.5 Å². The van der Waals surface area contributed by atoms with Crippen LogP contribution in [-0.4, -0.2) is 63.9 Å². The molecule has 0 spiro atoms. The van der Waals surface area contributed by atoms with E-state index in [2.05, 4.69) is 5.32 Å². The molecule has 0 atom stereocenters. The molecule has 0 saturated carbocycles. The Morgan fingerprint density at radius 2 is 1.73 bits per heavy atom. The number of ketones is 1. The molecular weight excluding hydrogens is 468 g/mol. The van der Waals surface area contributed by atoms with Crippen LogP contribution in [0, 0.1) is 0 Å². The molecule has 2 aliphatic rings. The summed E-state index contributed by atoms with van der Waals surface area (Å²) in [7, 11) is -3.55. The van der Waals surface area contributed by atoms with E-state index in [0.717, 1.165) is 22.6 Å². The Morgan fingerprint density at radius 3 is 2.52 bits per heavy atom. The molecule has 0 bridgehead atoms. The number of fused-ring (bicyclic) bond motifs is 1. The third-order valence-electron chi connectivity index (χ3n) is 5.31. The summed E-state index contributed by atoms with van der Waals surface area (Å²) in [6, 6.07) is 8.30. The summed E-state index contributed by atoms with van der Waals surface area (Å²) >= 11 is 1.13. The number of sulfonamides is 1. The summed E-state index contributed by atoms with van der Waals surface area (Å²) in [6.45, 7) is 2.77. The van der Waals surface area contributed by atoms with Gasteiger partial charge < -0.3 is 19.5 Å². The van der Waals surface area contributed by atoms with Crippen molar-refractivity contribution in [3.8, 4) is 11.5 Å². The fourth-order valence-corrected chi connectivity index (χ4v) is 6.35. The zero-order chi connectivity index (χ0) is 23.3. The number of hydrogen-bond acceptors (Lipinski definition) is 8. The second-order valence-electron chi connectivity index (χ2n) is 7.65. The molecule has 9 nitrogen and oxygen atoms in total. The highest BCUT2D eigenvalue weighted by Crippen LogP contribution is 2.31. The number of carbonyl (C=O) groups excluding carboxylic acids is 2. The Balaban J connectivity index is 1.26. The predicted molar refractivity (Wildman–Crippen MR) is 121 cm³/mol. The van der Waals surface area contributed by atoms with Crippen LogP contribution in [0.3, 0.4) is 0 Å². The number of amides is 1. The topological polar surface area (TPSA) is 111 Å². The third kappa shape index (κ3) is 5.91. The van der Waals surface area contributed by atoms with E-state index >= 15 is 0 Å². The van der Waals surface area contributed by atoms with Gasteiger partial charge in [0.1, 0.15) is 4.21 Å². The monoisotopic (exact) mass is 494 g/mol. The van der Waals surface area contributed by atoms with Gasteiger partial charge in [0.2, 0.25) is 5.91 Å². The van der Waals surface area contributed by atoms with Gasteiger partial charge in [0, 0.05) is 42.8 Å². The van der Waals surface area contributed by atoms with Crippen LogP contribution in [0.4, 0.5) is 0 Å². The molecule has 2 aromatic rings. The summed E-state index contributed by atoms with van der Waals surface area (Å²) < 4.78 is 43.4. The first-order chi connectivity index (χ1) is 15.9. The van der Waals surface area contributed by atoms with Crippen molar-refractivity contribution >= 4 is 33.1 Å². The first-order valence-electron chi connectivity index (χ1n) is 10.8. The van der Waals surface area contributed by atoms with Crippen molar-refractivity contribution in [2.45, 2.75) is 30.0 Å². The largest absolute Gasteiger partial charge is 0.490 e. The number of nitrogens with zero attached hydrogens (tertiary/aromatic N) is 1. The Labute approximate surface area is 196 Å². The molecule has 1 amide bonds. The van der Waals surface area contributed by atoms with Crippen molar-refractivity contribution in [1.82, 2.24) is 9.62 Å². The van der Waals surface area contributed by atoms with Gasteiger partial charge in [-0.25, -0.2) is 8.42 Å². The minimum Gasteiger partial charge on any atom is -0.490 e. The van der Waals surface area contributed by atoms with E-state index in [4.69, 9.17) is 14.2 Å². The maximum atomic E-state index is 12.7. The van der Waals surface area contributed by atoms with Crippen LogP contribution in [0.2, 0.25) is 0 Å². The average Bonchev–Trinajstić information content (AvgIpc) is 3.20. The number of Topliss-reactive ketones (excluding diaryl/α,β-unsaturated/α-hetero) is 1. The lowest BCUT2D eigenvalue weighted by Gasteiger charge is -2.25. The molecule has 178 valence electrons. The first-order valence-corrected chi connectivity index (χ1v) is 13.1. The van der Waals surface area contributed by atoms with Crippen molar-refractivity contribution < 1.29 is 32.2 Å². The maximum Gasteiger partial charge on any atom is 0.252 e. The number of carbonyl (C=O) groups is 2. The highest BCUT2D eigenvalue weighted by molar-refractivity contribution is 7.91. The molecule has 33 heavy (non-hydrogen) atoms. The Hall–Kier alpha value is -2.47. The summed E-state index contributed by atoms with van der Waals surface area (Å²) in [6.07, 6.45) is 0.882. The first kappa shape index (κ1) is 23.7. The number of nitrogens with one attached hydrogen (secondary N) is 1. The lowest BCUT2D eigenvalue weighted by molar-refractivity contribution is -0.121. The van der Waals surface area contributed by atoms with Crippen LogP contribution >= 0.6 is 11.3 Å². The summed E-state index contributed by atoms with van der Waals surface area (Å²) in [5.74, 6) is 0.732. The van der Waals surface area contributed by atoms with E-state index < -0.39 is 10.0 Å². The second-order valence-corrected chi connectivity index (χ2v) is 11.0. The summed E-state index contributed by atoms with van der Waals surface area (Å²) in [5, 5.41) is 2.75. The number of benzene rings is 1. The molecule has 1 saturated heterocycles. The molecular formula is C22H26N2O7S2. The number of rotatable bonds is 8. The summed E-state index contributed by atoms with van der Waals surface area (Å²) in [5.41, 5.74) is 0.475. The third-order valence-corrected chi connectivity index (χ3v) is 8.76. The molecule has 0 unspecified atom stereocenters. The maximum absolute atomic E-state index is 12.7. The van der Waals surface area contributed by atoms with Gasteiger partial charge in [-0.05, 0) is 30.3 Å². The number of morpholine rings is 1. The molecule has 1 fully saturated rings. The van der Waals surface area contributed by atoms with Crippen molar-refractivity contribution in [2.24, 2.45) is 0 Å². The van der Waals surface area contributed by atoms with Gasteiger partial charge in [-0.15, -0.1) is 11.3 Å². The van der Waals surface area contributed by atoms with E-state index in [9.17, 15) is 18.0 Å². The lowest BCUT2D eigenvalue weighted by atomic mass is 10.1. The lowest BCUT2D eigenvalue weighted by Crippen LogP contribution is -2.40. The fourth-order valence-electron chi connectivity index (χ4n) is 3.49. The molecule has 1 aromatic carbocycles. The Kier molecular flexibility index (Phi) is 7.63. The zero-order valence-electron chi connectivity index (χ0n) is 18.1. The summed E-state index contributed by atoms with van der Waals surface area (Å²) in [4.78, 5) is 25.5. The van der Waals surface area contributed by atoms with Gasteiger partial charge in [0.25, 0.3) is 10.0 Å². The smallest absolute Gasteiger partial charge is 0.252 e. The standard InChI is InChI=1S/C22H26N2O7S2/c25-18(16-2-5-19-20(14-16)31-11-1-10-30-19)4-6-21(26)23-15-17-3-7-22(32-17)33(27,28)24-8-12-29-13-9-24/h2-3,5,7,14H,1,4,6,8-13,15H2,(H,23,26). The van der Waals surface area contributed by atoms with Gasteiger partial charge in [0.05, 0.1) is 33.0 Å². The van der Waals surface area contributed by atoms with E-state index in [1.807, 2.05) is 0 Å². The highest BCUT2D eigenvalue weighted by atomic mass is 32.2. The molecule has 4 rings (SSSR count). The van der Waals surface area contributed by atoms with Crippen molar-refractivity contribution in [2.75, 3.05) is 39.5 Å². The van der Waals surface area contributed by atoms with Crippen LogP contribution in [0.5, 0.6) is 11.5 Å². The van der Waals surface area contributed by atoms with Crippen LogP contribution in [-0.2, 0) is 26.1 Å². The highest BCUT2D eigenvalue weighted by Gasteiger charge is 2.27. The minimum absolute atomic E-state index is 0.0393. The minimum atomic E-state index is -3.55. The quantitative estimate of drug-likeness (QED) is 0.560. The van der Waals surface area contributed by atoms with E-state index in [0.29, 0.717) is 56.6 Å². The van der Waals surface area contributed by atoms with Gasteiger partial charge in [-0.2, -0.15) is 4.31 Å². The van der Waals surface area contributed by atoms with Gasteiger partial charge in [-0.3, -0.25) is 9.59 Å².